The largest absolute Gasteiger partial charge is 0.390 e. The van der Waals surface area contributed by atoms with Gasteiger partial charge in [-0.3, -0.25) is 4.79 Å². The van der Waals surface area contributed by atoms with Crippen molar-refractivity contribution >= 4 is 5.91 Å². The first kappa shape index (κ1) is 13.6. The summed E-state index contributed by atoms with van der Waals surface area (Å²) < 4.78 is 36.8. The minimum Gasteiger partial charge on any atom is -0.342 e. The molecule has 1 aliphatic carbocycles. The molecule has 1 unspecified atom stereocenters. The van der Waals surface area contributed by atoms with Crippen LogP contribution in [0.4, 0.5) is 13.2 Å². The lowest BCUT2D eigenvalue weighted by atomic mass is 10.1. The van der Waals surface area contributed by atoms with Gasteiger partial charge in [-0.1, -0.05) is 0 Å². The Labute approximate surface area is 105 Å². The van der Waals surface area contributed by atoms with Crippen molar-refractivity contribution in [3.8, 4) is 0 Å². The summed E-state index contributed by atoms with van der Waals surface area (Å²) in [5.41, 5.74) is 0. The average molecular weight is 264 g/mol. The SMILES string of the molecule is O=C(C1CCNC1)N(CCC(F)(F)F)CC1CC1. The minimum atomic E-state index is -4.18. The molecule has 3 nitrogen and oxygen atoms in total. The van der Waals surface area contributed by atoms with Crippen molar-refractivity contribution in [1.82, 2.24) is 10.2 Å². The third-order valence-corrected chi connectivity index (χ3v) is 3.56. The van der Waals surface area contributed by atoms with E-state index < -0.39 is 12.6 Å². The van der Waals surface area contributed by atoms with Crippen LogP contribution < -0.4 is 5.32 Å². The Morgan fingerprint density at radius 1 is 1.28 bits per heavy atom. The minimum absolute atomic E-state index is 0.101. The van der Waals surface area contributed by atoms with Gasteiger partial charge in [0.15, 0.2) is 0 Å². The second kappa shape index (κ2) is 5.47. The molecule has 1 amide bonds. The molecule has 1 saturated heterocycles. The Morgan fingerprint density at radius 3 is 2.50 bits per heavy atom. The van der Waals surface area contributed by atoms with Gasteiger partial charge in [-0.05, 0) is 31.7 Å². The van der Waals surface area contributed by atoms with Crippen molar-refractivity contribution < 1.29 is 18.0 Å². The van der Waals surface area contributed by atoms with Crippen LogP contribution in [0.25, 0.3) is 0 Å². The molecule has 6 heteroatoms. The Bertz CT molecular complexity index is 296. The zero-order valence-corrected chi connectivity index (χ0v) is 10.3. The third-order valence-electron chi connectivity index (χ3n) is 3.56. The van der Waals surface area contributed by atoms with Crippen LogP contribution in [0.1, 0.15) is 25.7 Å². The Balaban J connectivity index is 1.88. The highest BCUT2D eigenvalue weighted by Crippen LogP contribution is 2.31. The van der Waals surface area contributed by atoms with Crippen molar-refractivity contribution in [3.05, 3.63) is 0 Å². The van der Waals surface area contributed by atoms with Crippen LogP contribution in [0.3, 0.4) is 0 Å². The van der Waals surface area contributed by atoms with E-state index in [1.165, 1.54) is 4.90 Å². The summed E-state index contributed by atoms with van der Waals surface area (Å²) in [4.78, 5) is 13.6. The quantitative estimate of drug-likeness (QED) is 0.821. The van der Waals surface area contributed by atoms with E-state index >= 15 is 0 Å². The molecule has 0 radical (unpaired) electrons. The number of carbonyl (C=O) groups is 1. The van der Waals surface area contributed by atoms with Crippen molar-refractivity contribution in [2.75, 3.05) is 26.2 Å². The predicted octanol–water partition coefficient (Wildman–Crippen LogP) is 1.79. The van der Waals surface area contributed by atoms with Crippen LogP contribution in [-0.2, 0) is 4.79 Å². The monoisotopic (exact) mass is 264 g/mol. The maximum Gasteiger partial charge on any atom is 0.390 e. The van der Waals surface area contributed by atoms with Crippen molar-refractivity contribution in [2.45, 2.75) is 31.9 Å². The number of hydrogen-bond acceptors (Lipinski definition) is 2. The van der Waals surface area contributed by atoms with Gasteiger partial charge < -0.3 is 10.2 Å². The smallest absolute Gasteiger partial charge is 0.342 e. The molecule has 2 rings (SSSR count). The van der Waals surface area contributed by atoms with Gasteiger partial charge >= 0.3 is 6.18 Å². The zero-order chi connectivity index (χ0) is 13.2. The molecule has 0 aromatic heterocycles. The summed E-state index contributed by atoms with van der Waals surface area (Å²) in [5.74, 6) is 0.199. The van der Waals surface area contributed by atoms with E-state index in [4.69, 9.17) is 0 Å². The van der Waals surface area contributed by atoms with Gasteiger partial charge in [0.25, 0.3) is 0 Å². The van der Waals surface area contributed by atoms with Gasteiger partial charge in [-0.25, -0.2) is 0 Å². The van der Waals surface area contributed by atoms with Gasteiger partial charge in [-0.15, -0.1) is 0 Å². The maximum absolute atomic E-state index is 12.3. The Hall–Kier alpha value is -0.780. The van der Waals surface area contributed by atoms with Gasteiger partial charge in [0.1, 0.15) is 0 Å². The molecule has 0 aromatic carbocycles. The first-order valence-electron chi connectivity index (χ1n) is 6.52. The van der Waals surface area contributed by atoms with Crippen LogP contribution in [0.2, 0.25) is 0 Å². The standard InChI is InChI=1S/C12H19F3N2O/c13-12(14,15)4-6-17(8-9-1-2-9)11(18)10-3-5-16-7-10/h9-10,16H,1-8H2. The molecule has 1 atom stereocenters. The Morgan fingerprint density at radius 2 is 2.00 bits per heavy atom. The van der Waals surface area contributed by atoms with E-state index in [-0.39, 0.29) is 18.4 Å². The number of amides is 1. The van der Waals surface area contributed by atoms with Crippen LogP contribution >= 0.6 is 0 Å². The highest BCUT2D eigenvalue weighted by Gasteiger charge is 2.34. The number of nitrogens with one attached hydrogen (secondary N) is 1. The van der Waals surface area contributed by atoms with Crippen LogP contribution in [0.15, 0.2) is 0 Å². The van der Waals surface area contributed by atoms with Crippen LogP contribution in [0, 0.1) is 11.8 Å². The molecule has 0 spiro atoms. The molecule has 2 fully saturated rings. The second-order valence-corrected chi connectivity index (χ2v) is 5.28. The fourth-order valence-electron chi connectivity index (χ4n) is 2.29. The average Bonchev–Trinajstić information content (AvgIpc) is 2.93. The highest BCUT2D eigenvalue weighted by atomic mass is 19.4. The topological polar surface area (TPSA) is 32.3 Å². The normalized spacial score (nSPS) is 24.3. The molecular weight excluding hydrogens is 245 g/mol. The lowest BCUT2D eigenvalue weighted by Crippen LogP contribution is -2.40. The fourth-order valence-corrected chi connectivity index (χ4v) is 2.29. The molecule has 1 heterocycles. The molecular formula is C12H19F3N2O. The summed E-state index contributed by atoms with van der Waals surface area (Å²) in [6.45, 7) is 1.71. The number of halogens is 3. The summed E-state index contributed by atoms with van der Waals surface area (Å²) >= 11 is 0. The number of alkyl halides is 3. The van der Waals surface area contributed by atoms with Crippen molar-refractivity contribution in [1.29, 1.82) is 0 Å². The first-order valence-corrected chi connectivity index (χ1v) is 6.52. The van der Waals surface area contributed by atoms with Gasteiger partial charge in [0.05, 0.1) is 12.3 Å². The lowest BCUT2D eigenvalue weighted by molar-refractivity contribution is -0.147. The van der Waals surface area contributed by atoms with Gasteiger partial charge in [0.2, 0.25) is 5.91 Å². The van der Waals surface area contributed by atoms with Crippen LogP contribution in [-0.4, -0.2) is 43.2 Å². The molecule has 1 N–H and O–H groups in total. The Kier molecular flexibility index (Phi) is 4.14. The third kappa shape index (κ3) is 4.15. The highest BCUT2D eigenvalue weighted by molar-refractivity contribution is 5.79. The number of hydrogen-bond donors (Lipinski definition) is 1. The maximum atomic E-state index is 12.3. The van der Waals surface area contributed by atoms with Crippen molar-refractivity contribution in [2.24, 2.45) is 11.8 Å². The molecule has 0 aromatic rings. The second-order valence-electron chi connectivity index (χ2n) is 5.28. The predicted molar refractivity (Wildman–Crippen MR) is 61.0 cm³/mol. The van der Waals surface area contributed by atoms with Crippen molar-refractivity contribution in [3.63, 3.8) is 0 Å². The lowest BCUT2D eigenvalue weighted by Gasteiger charge is -2.26. The number of nitrogens with zero attached hydrogens (tertiary/aromatic N) is 1. The van der Waals surface area contributed by atoms with Gasteiger partial charge in [-0.2, -0.15) is 13.2 Å². The van der Waals surface area contributed by atoms with Crippen LogP contribution in [0.5, 0.6) is 0 Å². The fraction of sp³-hybridized carbons (Fsp3) is 0.917. The summed E-state index contributed by atoms with van der Waals surface area (Å²) in [6, 6.07) is 0. The van der Waals surface area contributed by atoms with E-state index in [1.807, 2.05) is 0 Å². The molecule has 1 aliphatic heterocycles. The molecule has 104 valence electrons. The summed E-state index contributed by atoms with van der Waals surface area (Å²) in [7, 11) is 0. The first-order chi connectivity index (χ1) is 8.46. The summed E-state index contributed by atoms with van der Waals surface area (Å²) in [5, 5.41) is 3.08. The molecule has 0 bridgehead atoms. The zero-order valence-electron chi connectivity index (χ0n) is 10.3. The molecule has 18 heavy (non-hydrogen) atoms. The van der Waals surface area contributed by atoms with Gasteiger partial charge in [0, 0.05) is 19.6 Å². The van der Waals surface area contributed by atoms with E-state index in [9.17, 15) is 18.0 Å². The molecule has 1 saturated carbocycles. The van der Waals surface area contributed by atoms with E-state index in [1.54, 1.807) is 0 Å². The van der Waals surface area contributed by atoms with E-state index in [0.29, 0.717) is 19.0 Å². The van der Waals surface area contributed by atoms with E-state index in [2.05, 4.69) is 5.32 Å². The number of rotatable bonds is 5. The summed E-state index contributed by atoms with van der Waals surface area (Å²) in [6.07, 6.45) is -2.26. The number of carbonyl (C=O) groups excluding carboxylic acids is 1. The van der Waals surface area contributed by atoms with E-state index in [0.717, 1.165) is 25.8 Å². The molecule has 2 aliphatic rings.